The first-order valence-electron chi connectivity index (χ1n) is 8.45. The van der Waals surface area contributed by atoms with Crippen LogP contribution in [0.4, 0.5) is 0 Å². The molecule has 3 aromatic rings. The number of halogens is 1. The maximum Gasteiger partial charge on any atom is 0.251 e. The Morgan fingerprint density at radius 1 is 1.00 bits per heavy atom. The van der Waals surface area contributed by atoms with E-state index in [4.69, 9.17) is 4.74 Å². The smallest absolute Gasteiger partial charge is 0.251 e. The van der Waals surface area contributed by atoms with E-state index < -0.39 is 0 Å². The van der Waals surface area contributed by atoms with Gasteiger partial charge in [-0.25, -0.2) is 0 Å². The Labute approximate surface area is 162 Å². The van der Waals surface area contributed by atoms with E-state index in [0.717, 1.165) is 21.3 Å². The number of carbonyl (C=O) groups excluding carboxylic acids is 1. The van der Waals surface area contributed by atoms with Crippen LogP contribution in [0.5, 0.6) is 5.75 Å². The summed E-state index contributed by atoms with van der Waals surface area (Å²) in [4.78, 5) is 12.5. The Balaban J connectivity index is 1.62. The number of amides is 1. The van der Waals surface area contributed by atoms with E-state index in [1.54, 1.807) is 0 Å². The topological polar surface area (TPSA) is 38.3 Å². The molecule has 0 saturated carbocycles. The van der Waals surface area contributed by atoms with Crippen LogP contribution in [-0.4, -0.2) is 5.91 Å². The summed E-state index contributed by atoms with van der Waals surface area (Å²) in [6.07, 6.45) is 0. The lowest BCUT2D eigenvalue weighted by Gasteiger charge is -2.15. The van der Waals surface area contributed by atoms with E-state index >= 15 is 0 Å². The third-order valence-electron chi connectivity index (χ3n) is 4.06. The minimum atomic E-state index is -0.0909. The van der Waals surface area contributed by atoms with E-state index in [1.807, 2.05) is 85.8 Å². The highest BCUT2D eigenvalue weighted by Gasteiger charge is 2.11. The van der Waals surface area contributed by atoms with Gasteiger partial charge in [-0.2, -0.15) is 0 Å². The molecular formula is C22H20BrNO2. The Morgan fingerprint density at radius 3 is 2.46 bits per heavy atom. The predicted molar refractivity (Wildman–Crippen MR) is 107 cm³/mol. The monoisotopic (exact) mass is 409 g/mol. The Kier molecular flexibility index (Phi) is 6.08. The molecule has 0 aliphatic heterocycles. The van der Waals surface area contributed by atoms with Gasteiger partial charge in [0.25, 0.3) is 5.91 Å². The molecular weight excluding hydrogens is 390 g/mol. The van der Waals surface area contributed by atoms with Crippen molar-refractivity contribution in [2.24, 2.45) is 0 Å². The van der Waals surface area contributed by atoms with E-state index in [-0.39, 0.29) is 11.9 Å². The molecule has 1 atom stereocenters. The number of nitrogens with one attached hydrogen (secondary N) is 1. The lowest BCUT2D eigenvalue weighted by Crippen LogP contribution is -2.26. The summed E-state index contributed by atoms with van der Waals surface area (Å²) in [5.74, 6) is 0.701. The Bertz CT molecular complexity index is 863. The SMILES string of the molecule is C[C@H](NC(=O)c1cccc(COc2ccc(Br)cc2)c1)c1ccccc1. The summed E-state index contributed by atoms with van der Waals surface area (Å²) >= 11 is 3.40. The first kappa shape index (κ1) is 18.2. The van der Waals surface area contributed by atoms with Crippen LogP contribution in [0.25, 0.3) is 0 Å². The molecule has 0 aliphatic carbocycles. The van der Waals surface area contributed by atoms with Gasteiger partial charge in [0.1, 0.15) is 12.4 Å². The Hall–Kier alpha value is -2.59. The van der Waals surface area contributed by atoms with Crippen LogP contribution in [0.15, 0.2) is 83.3 Å². The zero-order chi connectivity index (χ0) is 18.4. The highest BCUT2D eigenvalue weighted by Crippen LogP contribution is 2.18. The molecule has 1 N–H and O–H groups in total. The number of ether oxygens (including phenoxy) is 1. The van der Waals surface area contributed by atoms with E-state index in [0.29, 0.717) is 12.2 Å². The average Bonchev–Trinajstić information content (AvgIpc) is 2.68. The molecule has 0 fully saturated rings. The van der Waals surface area contributed by atoms with Crippen molar-refractivity contribution in [3.63, 3.8) is 0 Å². The van der Waals surface area contributed by atoms with E-state index in [1.165, 1.54) is 0 Å². The second kappa shape index (κ2) is 8.68. The molecule has 0 bridgehead atoms. The molecule has 3 rings (SSSR count). The fraction of sp³-hybridized carbons (Fsp3) is 0.136. The fourth-order valence-corrected chi connectivity index (χ4v) is 2.87. The van der Waals surface area contributed by atoms with Gasteiger partial charge in [0.15, 0.2) is 0 Å². The maximum atomic E-state index is 12.5. The molecule has 0 aliphatic rings. The van der Waals surface area contributed by atoms with E-state index in [2.05, 4.69) is 21.2 Å². The first-order chi connectivity index (χ1) is 12.6. The average molecular weight is 410 g/mol. The summed E-state index contributed by atoms with van der Waals surface area (Å²) in [6, 6.07) is 25.1. The lowest BCUT2D eigenvalue weighted by molar-refractivity contribution is 0.0939. The molecule has 4 heteroatoms. The number of hydrogen-bond acceptors (Lipinski definition) is 2. The molecule has 0 spiro atoms. The largest absolute Gasteiger partial charge is 0.489 e. The molecule has 0 heterocycles. The van der Waals surface area contributed by atoms with Gasteiger partial charge in [-0.05, 0) is 54.4 Å². The number of rotatable bonds is 6. The minimum Gasteiger partial charge on any atom is -0.489 e. The zero-order valence-corrected chi connectivity index (χ0v) is 16.1. The first-order valence-corrected chi connectivity index (χ1v) is 9.24. The summed E-state index contributed by atoms with van der Waals surface area (Å²) in [5, 5.41) is 3.03. The van der Waals surface area contributed by atoms with Gasteiger partial charge in [-0.3, -0.25) is 4.79 Å². The third kappa shape index (κ3) is 4.96. The molecule has 26 heavy (non-hydrogen) atoms. The molecule has 1 amide bonds. The van der Waals surface area contributed by atoms with Crippen LogP contribution >= 0.6 is 15.9 Å². The number of benzene rings is 3. The predicted octanol–water partition coefficient (Wildman–Crippen LogP) is 5.52. The quantitative estimate of drug-likeness (QED) is 0.581. The zero-order valence-electron chi connectivity index (χ0n) is 14.5. The van der Waals surface area contributed by atoms with Crippen molar-refractivity contribution in [3.05, 3.63) is 100 Å². The van der Waals surface area contributed by atoms with Gasteiger partial charge in [-0.1, -0.05) is 58.4 Å². The van der Waals surface area contributed by atoms with Crippen molar-refractivity contribution in [2.45, 2.75) is 19.6 Å². The van der Waals surface area contributed by atoms with Crippen LogP contribution in [-0.2, 0) is 6.61 Å². The van der Waals surface area contributed by atoms with Crippen molar-refractivity contribution < 1.29 is 9.53 Å². The summed E-state index contributed by atoms with van der Waals surface area (Å²) < 4.78 is 6.79. The summed E-state index contributed by atoms with van der Waals surface area (Å²) in [5.41, 5.74) is 2.66. The lowest BCUT2D eigenvalue weighted by atomic mass is 10.1. The highest BCUT2D eigenvalue weighted by atomic mass is 79.9. The van der Waals surface area contributed by atoms with Crippen LogP contribution in [0.2, 0.25) is 0 Å². The standard InChI is InChI=1S/C22H20BrNO2/c1-16(18-7-3-2-4-8-18)24-22(25)19-9-5-6-17(14-19)15-26-21-12-10-20(23)11-13-21/h2-14,16H,15H2,1H3,(H,24,25)/t16-/m0/s1. The second-order valence-corrected chi connectivity index (χ2v) is 6.96. The summed E-state index contributed by atoms with van der Waals surface area (Å²) in [7, 11) is 0. The van der Waals surface area contributed by atoms with Crippen LogP contribution < -0.4 is 10.1 Å². The minimum absolute atomic E-state index is 0.0497. The third-order valence-corrected chi connectivity index (χ3v) is 4.58. The summed E-state index contributed by atoms with van der Waals surface area (Å²) in [6.45, 7) is 2.39. The molecule has 0 saturated heterocycles. The molecule has 132 valence electrons. The van der Waals surface area contributed by atoms with Gasteiger partial charge in [0, 0.05) is 10.0 Å². The van der Waals surface area contributed by atoms with Crippen molar-refractivity contribution in [1.82, 2.24) is 5.32 Å². The van der Waals surface area contributed by atoms with E-state index in [9.17, 15) is 4.79 Å². The van der Waals surface area contributed by atoms with Crippen LogP contribution in [0.1, 0.15) is 34.5 Å². The van der Waals surface area contributed by atoms with Gasteiger partial charge in [0.2, 0.25) is 0 Å². The van der Waals surface area contributed by atoms with Crippen molar-refractivity contribution in [1.29, 1.82) is 0 Å². The fourth-order valence-electron chi connectivity index (χ4n) is 2.60. The van der Waals surface area contributed by atoms with Gasteiger partial charge < -0.3 is 10.1 Å². The van der Waals surface area contributed by atoms with Gasteiger partial charge in [-0.15, -0.1) is 0 Å². The van der Waals surface area contributed by atoms with Crippen molar-refractivity contribution in [2.75, 3.05) is 0 Å². The molecule has 3 aromatic carbocycles. The maximum absolute atomic E-state index is 12.5. The van der Waals surface area contributed by atoms with Crippen LogP contribution in [0.3, 0.4) is 0 Å². The molecule has 0 unspecified atom stereocenters. The van der Waals surface area contributed by atoms with Crippen molar-refractivity contribution in [3.8, 4) is 5.75 Å². The second-order valence-electron chi connectivity index (χ2n) is 6.05. The molecule has 0 radical (unpaired) electrons. The van der Waals surface area contributed by atoms with Crippen molar-refractivity contribution >= 4 is 21.8 Å². The van der Waals surface area contributed by atoms with Gasteiger partial charge >= 0.3 is 0 Å². The van der Waals surface area contributed by atoms with Gasteiger partial charge in [0.05, 0.1) is 6.04 Å². The van der Waals surface area contributed by atoms with Crippen LogP contribution in [0, 0.1) is 0 Å². The number of hydrogen-bond donors (Lipinski definition) is 1. The normalized spacial score (nSPS) is 11.6. The number of carbonyl (C=O) groups is 1. The Morgan fingerprint density at radius 2 is 1.73 bits per heavy atom. The molecule has 3 nitrogen and oxygen atoms in total. The molecule has 0 aromatic heterocycles. The highest BCUT2D eigenvalue weighted by molar-refractivity contribution is 9.10.